The minimum absolute atomic E-state index is 0.169. The summed E-state index contributed by atoms with van der Waals surface area (Å²) in [6.07, 6.45) is 4.41. The number of likely N-dealkylation sites (N-methyl/N-ethyl adjacent to an activating group) is 1. The number of rotatable bonds is 4. The summed E-state index contributed by atoms with van der Waals surface area (Å²) in [5.41, 5.74) is 0. The standard InChI is InChI=1S/C12H16ClNOS/c1-2-14-12(9-5-3-4-8-15-9)10-6-7-11(13)16-10/h5-7,12,14H,2-4,8H2,1H3. The Morgan fingerprint density at radius 2 is 2.44 bits per heavy atom. The molecular weight excluding hydrogens is 242 g/mol. The number of hydrogen-bond donors (Lipinski definition) is 1. The second-order valence-electron chi connectivity index (χ2n) is 3.73. The highest BCUT2D eigenvalue weighted by molar-refractivity contribution is 7.16. The molecule has 0 aromatic carbocycles. The fraction of sp³-hybridized carbons (Fsp3) is 0.500. The Labute approximate surface area is 105 Å². The molecule has 1 N–H and O–H groups in total. The molecule has 0 saturated carbocycles. The van der Waals surface area contributed by atoms with Crippen LogP contribution in [0, 0.1) is 0 Å². The molecule has 4 heteroatoms. The molecule has 2 nitrogen and oxygen atoms in total. The van der Waals surface area contributed by atoms with Gasteiger partial charge in [-0.1, -0.05) is 18.5 Å². The van der Waals surface area contributed by atoms with Crippen molar-refractivity contribution in [1.29, 1.82) is 0 Å². The number of halogens is 1. The molecule has 1 unspecified atom stereocenters. The number of ether oxygens (including phenoxy) is 1. The van der Waals surface area contributed by atoms with Gasteiger partial charge in [-0.2, -0.15) is 0 Å². The van der Waals surface area contributed by atoms with Crippen molar-refractivity contribution < 1.29 is 4.74 Å². The summed E-state index contributed by atoms with van der Waals surface area (Å²) in [6, 6.07) is 4.18. The predicted octanol–water partition coefficient (Wildman–Crippen LogP) is 3.75. The van der Waals surface area contributed by atoms with Gasteiger partial charge in [0.05, 0.1) is 17.0 Å². The van der Waals surface area contributed by atoms with E-state index in [1.54, 1.807) is 11.3 Å². The van der Waals surface area contributed by atoms with E-state index in [2.05, 4.69) is 24.4 Å². The van der Waals surface area contributed by atoms with Crippen LogP contribution in [0.1, 0.15) is 30.7 Å². The Hall–Kier alpha value is -0.510. The van der Waals surface area contributed by atoms with Crippen LogP contribution in [0.2, 0.25) is 4.34 Å². The van der Waals surface area contributed by atoms with Crippen LogP contribution in [0.15, 0.2) is 24.0 Å². The lowest BCUT2D eigenvalue weighted by atomic mass is 10.1. The second kappa shape index (κ2) is 5.71. The third kappa shape index (κ3) is 2.78. The lowest BCUT2D eigenvalue weighted by Crippen LogP contribution is -2.24. The second-order valence-corrected chi connectivity index (χ2v) is 5.48. The zero-order chi connectivity index (χ0) is 11.4. The summed E-state index contributed by atoms with van der Waals surface area (Å²) in [5, 5.41) is 3.44. The Bertz CT molecular complexity index is 375. The topological polar surface area (TPSA) is 21.3 Å². The average molecular weight is 258 g/mol. The average Bonchev–Trinajstić information content (AvgIpc) is 2.74. The largest absolute Gasteiger partial charge is 0.496 e. The maximum absolute atomic E-state index is 5.97. The van der Waals surface area contributed by atoms with Crippen LogP contribution in [0.5, 0.6) is 0 Å². The van der Waals surface area contributed by atoms with Crippen LogP contribution in [-0.2, 0) is 4.74 Å². The third-order valence-electron chi connectivity index (χ3n) is 2.53. The van der Waals surface area contributed by atoms with Crippen molar-refractivity contribution in [2.45, 2.75) is 25.8 Å². The van der Waals surface area contributed by atoms with Gasteiger partial charge in [0.15, 0.2) is 0 Å². The minimum atomic E-state index is 0.169. The van der Waals surface area contributed by atoms with Gasteiger partial charge < -0.3 is 10.1 Å². The van der Waals surface area contributed by atoms with Crippen LogP contribution >= 0.6 is 22.9 Å². The van der Waals surface area contributed by atoms with Crippen molar-refractivity contribution in [2.75, 3.05) is 13.2 Å². The third-order valence-corrected chi connectivity index (χ3v) is 3.83. The maximum atomic E-state index is 5.97. The number of thiophene rings is 1. The zero-order valence-electron chi connectivity index (χ0n) is 9.33. The Morgan fingerprint density at radius 3 is 3.00 bits per heavy atom. The van der Waals surface area contributed by atoms with Gasteiger partial charge in [0.1, 0.15) is 5.76 Å². The highest BCUT2D eigenvalue weighted by atomic mass is 35.5. The van der Waals surface area contributed by atoms with Crippen molar-refractivity contribution in [3.63, 3.8) is 0 Å². The smallest absolute Gasteiger partial charge is 0.114 e. The zero-order valence-corrected chi connectivity index (χ0v) is 10.9. The Balaban J connectivity index is 2.19. The number of nitrogens with one attached hydrogen (secondary N) is 1. The highest BCUT2D eigenvalue weighted by Crippen LogP contribution is 2.32. The molecule has 16 heavy (non-hydrogen) atoms. The van der Waals surface area contributed by atoms with Gasteiger partial charge in [-0.05, 0) is 37.6 Å². The molecule has 0 bridgehead atoms. The van der Waals surface area contributed by atoms with E-state index in [9.17, 15) is 0 Å². The van der Waals surface area contributed by atoms with E-state index in [1.807, 2.05) is 6.07 Å². The van der Waals surface area contributed by atoms with Crippen LogP contribution in [-0.4, -0.2) is 13.2 Å². The van der Waals surface area contributed by atoms with Crippen molar-refractivity contribution in [2.24, 2.45) is 0 Å². The normalized spacial score (nSPS) is 17.8. The van der Waals surface area contributed by atoms with Crippen molar-refractivity contribution in [1.82, 2.24) is 5.32 Å². The van der Waals surface area contributed by atoms with Crippen LogP contribution in [0.3, 0.4) is 0 Å². The molecule has 0 saturated heterocycles. The van der Waals surface area contributed by atoms with Gasteiger partial charge in [-0.25, -0.2) is 0 Å². The monoisotopic (exact) mass is 257 g/mol. The maximum Gasteiger partial charge on any atom is 0.114 e. The van der Waals surface area contributed by atoms with Gasteiger partial charge in [-0.15, -0.1) is 11.3 Å². The molecule has 1 aliphatic rings. The summed E-state index contributed by atoms with van der Waals surface area (Å²) in [6.45, 7) is 3.85. The Kier molecular flexibility index (Phi) is 4.27. The minimum Gasteiger partial charge on any atom is -0.496 e. The fourth-order valence-corrected chi connectivity index (χ4v) is 2.95. The SMILES string of the molecule is CCNC(C1=CCCCO1)c1ccc(Cl)s1. The predicted molar refractivity (Wildman–Crippen MR) is 69.0 cm³/mol. The van der Waals surface area contributed by atoms with Crippen LogP contribution < -0.4 is 5.32 Å². The molecule has 0 radical (unpaired) electrons. The summed E-state index contributed by atoms with van der Waals surface area (Å²) in [5.74, 6) is 1.05. The van der Waals surface area contributed by atoms with Gasteiger partial charge in [0.25, 0.3) is 0 Å². The first-order valence-corrected chi connectivity index (χ1v) is 6.82. The molecule has 0 aliphatic carbocycles. The molecule has 0 spiro atoms. The summed E-state index contributed by atoms with van der Waals surface area (Å²) in [7, 11) is 0. The molecule has 0 amide bonds. The molecule has 1 aromatic rings. The lowest BCUT2D eigenvalue weighted by Gasteiger charge is -2.23. The molecule has 1 atom stereocenters. The van der Waals surface area contributed by atoms with Crippen molar-refractivity contribution >= 4 is 22.9 Å². The molecule has 1 aromatic heterocycles. The number of hydrogen-bond acceptors (Lipinski definition) is 3. The first-order valence-electron chi connectivity index (χ1n) is 5.62. The molecule has 2 heterocycles. The molecule has 88 valence electrons. The van der Waals surface area contributed by atoms with E-state index in [0.29, 0.717) is 0 Å². The van der Waals surface area contributed by atoms with E-state index >= 15 is 0 Å². The van der Waals surface area contributed by atoms with Gasteiger partial charge >= 0.3 is 0 Å². The van der Waals surface area contributed by atoms with E-state index in [1.165, 1.54) is 4.88 Å². The Morgan fingerprint density at radius 1 is 1.56 bits per heavy atom. The summed E-state index contributed by atoms with van der Waals surface area (Å²) >= 11 is 7.59. The van der Waals surface area contributed by atoms with E-state index in [4.69, 9.17) is 16.3 Å². The molecular formula is C12H16ClNOS. The molecule has 2 rings (SSSR count). The number of allylic oxidation sites excluding steroid dienone is 1. The van der Waals surface area contributed by atoms with E-state index < -0.39 is 0 Å². The summed E-state index contributed by atoms with van der Waals surface area (Å²) in [4.78, 5) is 1.22. The van der Waals surface area contributed by atoms with Crippen LogP contribution in [0.4, 0.5) is 0 Å². The summed E-state index contributed by atoms with van der Waals surface area (Å²) < 4.78 is 6.55. The molecule has 0 fully saturated rings. The van der Waals surface area contributed by atoms with Gasteiger partial charge in [0.2, 0.25) is 0 Å². The fourth-order valence-electron chi connectivity index (χ4n) is 1.81. The van der Waals surface area contributed by atoms with Gasteiger partial charge in [0, 0.05) is 4.88 Å². The lowest BCUT2D eigenvalue weighted by molar-refractivity contribution is 0.169. The first kappa shape index (κ1) is 12.0. The van der Waals surface area contributed by atoms with Crippen molar-refractivity contribution in [3.05, 3.63) is 33.2 Å². The van der Waals surface area contributed by atoms with E-state index in [-0.39, 0.29) is 6.04 Å². The molecule has 1 aliphatic heterocycles. The highest BCUT2D eigenvalue weighted by Gasteiger charge is 2.20. The van der Waals surface area contributed by atoms with Crippen LogP contribution in [0.25, 0.3) is 0 Å². The van der Waals surface area contributed by atoms with E-state index in [0.717, 1.165) is 36.1 Å². The first-order chi connectivity index (χ1) is 7.81. The van der Waals surface area contributed by atoms with Gasteiger partial charge in [-0.3, -0.25) is 0 Å². The quantitative estimate of drug-likeness (QED) is 0.887. The van der Waals surface area contributed by atoms with Crippen molar-refractivity contribution in [3.8, 4) is 0 Å².